The third-order valence-electron chi connectivity index (χ3n) is 2.80. The minimum Gasteiger partial charge on any atom is -0.306 e. The zero-order valence-electron chi connectivity index (χ0n) is 10.5. The molecule has 0 fully saturated rings. The summed E-state index contributed by atoms with van der Waals surface area (Å²) in [5.41, 5.74) is 1.35. The number of rotatable bonds is 2. The Morgan fingerprint density at radius 3 is 2.95 bits per heavy atom. The van der Waals surface area contributed by atoms with Crippen molar-refractivity contribution in [1.82, 2.24) is 24.5 Å². The molecule has 20 heavy (non-hydrogen) atoms. The second-order valence-electron chi connectivity index (χ2n) is 4.19. The minimum atomic E-state index is -0.260. The molecule has 3 aromatic rings. The Bertz CT molecular complexity index is 823. The lowest BCUT2D eigenvalue weighted by molar-refractivity contribution is 0.907. The third-order valence-corrected chi connectivity index (χ3v) is 3.01. The smallest absolute Gasteiger partial charge is 0.267 e. The molecule has 0 spiro atoms. The molecule has 0 bridgehead atoms. The molecule has 100 valence electrons. The predicted octanol–water partition coefficient (Wildman–Crippen LogP) is 1.98. The van der Waals surface area contributed by atoms with E-state index in [9.17, 15) is 4.79 Å². The van der Waals surface area contributed by atoms with Gasteiger partial charge in [0.1, 0.15) is 16.8 Å². The van der Waals surface area contributed by atoms with Crippen LogP contribution in [0.1, 0.15) is 5.82 Å². The highest BCUT2D eigenvalue weighted by Gasteiger charge is 2.09. The number of hydrogen-bond donors (Lipinski definition) is 1. The lowest BCUT2D eigenvalue weighted by Crippen LogP contribution is -2.10. The van der Waals surface area contributed by atoms with Crippen LogP contribution in [0.4, 0.5) is 0 Å². The summed E-state index contributed by atoms with van der Waals surface area (Å²) in [5.74, 6) is 1.30. The van der Waals surface area contributed by atoms with Gasteiger partial charge in [0.2, 0.25) is 0 Å². The molecule has 0 aliphatic carbocycles. The van der Waals surface area contributed by atoms with E-state index in [1.54, 1.807) is 23.0 Å². The van der Waals surface area contributed by atoms with Gasteiger partial charge in [0.05, 0.1) is 18.1 Å². The standard InChI is InChI=1S/C13H10ClN5O/c1-8-17-10(9-2-3-16-11(14)4-9)7-19(8)12-5-15-6-13(20)18-12/h2-7H,1H3,(H,18,20). The maximum Gasteiger partial charge on any atom is 0.267 e. The fraction of sp³-hybridized carbons (Fsp3) is 0.0769. The van der Waals surface area contributed by atoms with Crippen molar-refractivity contribution in [3.63, 3.8) is 0 Å². The number of pyridine rings is 1. The molecule has 6 nitrogen and oxygen atoms in total. The van der Waals surface area contributed by atoms with Gasteiger partial charge in [0, 0.05) is 18.0 Å². The maximum absolute atomic E-state index is 11.3. The number of H-pyrrole nitrogens is 1. The molecule has 0 atom stereocenters. The van der Waals surface area contributed by atoms with Gasteiger partial charge in [-0.15, -0.1) is 0 Å². The van der Waals surface area contributed by atoms with Gasteiger partial charge in [-0.05, 0) is 19.1 Å². The van der Waals surface area contributed by atoms with Crippen molar-refractivity contribution in [2.45, 2.75) is 6.92 Å². The predicted molar refractivity (Wildman–Crippen MR) is 75.0 cm³/mol. The second-order valence-corrected chi connectivity index (χ2v) is 4.58. The molecule has 0 saturated carbocycles. The Morgan fingerprint density at radius 2 is 2.20 bits per heavy atom. The highest BCUT2D eigenvalue weighted by atomic mass is 35.5. The summed E-state index contributed by atoms with van der Waals surface area (Å²) in [6.07, 6.45) is 6.23. The largest absolute Gasteiger partial charge is 0.306 e. The number of aromatic amines is 1. The fourth-order valence-corrected chi connectivity index (χ4v) is 2.08. The molecule has 7 heteroatoms. The summed E-state index contributed by atoms with van der Waals surface area (Å²) in [4.78, 5) is 26.3. The van der Waals surface area contributed by atoms with Gasteiger partial charge in [-0.25, -0.2) is 9.97 Å². The van der Waals surface area contributed by atoms with Crippen LogP contribution in [-0.2, 0) is 0 Å². The van der Waals surface area contributed by atoms with Gasteiger partial charge in [0.25, 0.3) is 5.56 Å². The molecule has 3 rings (SSSR count). The van der Waals surface area contributed by atoms with Crippen LogP contribution in [0.3, 0.4) is 0 Å². The molecule has 0 amide bonds. The number of aryl methyl sites for hydroxylation is 1. The lowest BCUT2D eigenvalue weighted by Gasteiger charge is -2.02. The molecule has 0 aliphatic rings. The van der Waals surface area contributed by atoms with Crippen LogP contribution in [0.15, 0.2) is 41.7 Å². The zero-order valence-corrected chi connectivity index (χ0v) is 11.3. The first-order valence-electron chi connectivity index (χ1n) is 5.86. The lowest BCUT2D eigenvalue weighted by atomic mass is 10.2. The van der Waals surface area contributed by atoms with E-state index in [2.05, 4.69) is 19.9 Å². The number of halogens is 1. The normalized spacial score (nSPS) is 10.7. The van der Waals surface area contributed by atoms with Crippen LogP contribution in [0, 0.1) is 6.92 Å². The van der Waals surface area contributed by atoms with E-state index in [0.717, 1.165) is 17.1 Å². The average Bonchev–Trinajstić information content (AvgIpc) is 2.81. The summed E-state index contributed by atoms with van der Waals surface area (Å²) in [7, 11) is 0. The average molecular weight is 288 g/mol. The Labute approximate surface area is 119 Å². The van der Waals surface area contributed by atoms with Crippen LogP contribution >= 0.6 is 11.6 Å². The topological polar surface area (TPSA) is 76.5 Å². The first kappa shape index (κ1) is 12.6. The van der Waals surface area contributed by atoms with Crippen molar-refractivity contribution in [2.75, 3.05) is 0 Å². The second kappa shape index (κ2) is 4.90. The monoisotopic (exact) mass is 287 g/mol. The van der Waals surface area contributed by atoms with Crippen LogP contribution in [0.2, 0.25) is 5.15 Å². The Kier molecular flexibility index (Phi) is 3.08. The van der Waals surface area contributed by atoms with Crippen molar-refractivity contribution in [2.24, 2.45) is 0 Å². The van der Waals surface area contributed by atoms with E-state index < -0.39 is 0 Å². The van der Waals surface area contributed by atoms with Crippen molar-refractivity contribution in [1.29, 1.82) is 0 Å². The molecule has 0 aliphatic heterocycles. The van der Waals surface area contributed by atoms with E-state index in [0.29, 0.717) is 11.0 Å². The van der Waals surface area contributed by atoms with Crippen LogP contribution in [0.5, 0.6) is 0 Å². The summed E-state index contributed by atoms with van der Waals surface area (Å²) in [6.45, 7) is 1.84. The molecule has 1 N–H and O–H groups in total. The molecular weight excluding hydrogens is 278 g/mol. The van der Waals surface area contributed by atoms with Crippen LogP contribution in [0.25, 0.3) is 17.1 Å². The van der Waals surface area contributed by atoms with Gasteiger partial charge in [-0.2, -0.15) is 0 Å². The van der Waals surface area contributed by atoms with Crippen molar-refractivity contribution >= 4 is 11.6 Å². The number of nitrogens with zero attached hydrogens (tertiary/aromatic N) is 4. The van der Waals surface area contributed by atoms with E-state index in [1.165, 1.54) is 6.20 Å². The van der Waals surface area contributed by atoms with Crippen molar-refractivity contribution in [3.8, 4) is 17.1 Å². The first-order valence-corrected chi connectivity index (χ1v) is 6.24. The van der Waals surface area contributed by atoms with E-state index in [1.807, 2.05) is 19.2 Å². The van der Waals surface area contributed by atoms with E-state index in [4.69, 9.17) is 11.6 Å². The zero-order chi connectivity index (χ0) is 14.1. The molecule has 0 radical (unpaired) electrons. The summed E-state index contributed by atoms with van der Waals surface area (Å²) < 4.78 is 1.76. The summed E-state index contributed by atoms with van der Waals surface area (Å²) in [6, 6.07) is 3.56. The molecule has 3 heterocycles. The fourth-order valence-electron chi connectivity index (χ4n) is 1.91. The maximum atomic E-state index is 11.3. The van der Waals surface area contributed by atoms with E-state index >= 15 is 0 Å². The van der Waals surface area contributed by atoms with Crippen LogP contribution < -0.4 is 5.56 Å². The molecule has 0 unspecified atom stereocenters. The Balaban J connectivity index is 2.10. The van der Waals surface area contributed by atoms with Gasteiger partial charge < -0.3 is 4.98 Å². The van der Waals surface area contributed by atoms with Gasteiger partial charge in [-0.1, -0.05) is 11.6 Å². The van der Waals surface area contributed by atoms with Crippen LogP contribution in [-0.4, -0.2) is 24.5 Å². The highest BCUT2D eigenvalue weighted by Crippen LogP contribution is 2.21. The summed E-state index contributed by atoms with van der Waals surface area (Å²) in [5, 5.41) is 0.407. The highest BCUT2D eigenvalue weighted by molar-refractivity contribution is 6.29. The molecular formula is C13H10ClN5O. The van der Waals surface area contributed by atoms with Gasteiger partial charge >= 0.3 is 0 Å². The number of hydrogen-bond acceptors (Lipinski definition) is 4. The van der Waals surface area contributed by atoms with Gasteiger partial charge in [-0.3, -0.25) is 14.3 Å². The molecule has 0 saturated heterocycles. The Morgan fingerprint density at radius 1 is 1.35 bits per heavy atom. The Hall–Kier alpha value is -2.47. The first-order chi connectivity index (χ1) is 9.63. The number of nitrogens with one attached hydrogen (secondary N) is 1. The quantitative estimate of drug-likeness (QED) is 0.731. The molecule has 3 aromatic heterocycles. The van der Waals surface area contributed by atoms with Gasteiger partial charge in [0.15, 0.2) is 0 Å². The summed E-state index contributed by atoms with van der Waals surface area (Å²) >= 11 is 5.88. The van der Waals surface area contributed by atoms with E-state index in [-0.39, 0.29) is 5.56 Å². The molecule has 0 aromatic carbocycles. The number of imidazole rings is 1. The number of aromatic nitrogens is 5. The van der Waals surface area contributed by atoms with Crippen molar-refractivity contribution in [3.05, 3.63) is 58.3 Å². The SMILES string of the molecule is Cc1nc(-c2ccnc(Cl)c2)cn1-c1cncc(=O)[nH]1. The minimum absolute atomic E-state index is 0.260. The third kappa shape index (κ3) is 2.33. The van der Waals surface area contributed by atoms with Crippen molar-refractivity contribution < 1.29 is 0 Å².